The van der Waals surface area contributed by atoms with Crippen LogP contribution in [-0.2, 0) is 16.6 Å². The number of nitrogens with zero attached hydrogens (tertiary/aromatic N) is 2. The average Bonchev–Trinajstić information content (AvgIpc) is 2.86. The van der Waals surface area contributed by atoms with Crippen molar-refractivity contribution in [2.75, 3.05) is 11.3 Å². The Bertz CT molecular complexity index is 764. The van der Waals surface area contributed by atoms with Crippen LogP contribution >= 0.6 is 15.9 Å². The third kappa shape index (κ3) is 3.57. The third-order valence-corrected chi connectivity index (χ3v) is 4.43. The fourth-order valence-corrected chi connectivity index (χ4v) is 2.84. The molecule has 0 bridgehead atoms. The number of hydrogen-bond donors (Lipinski definition) is 2. The van der Waals surface area contributed by atoms with Crippen molar-refractivity contribution in [2.24, 2.45) is 0 Å². The van der Waals surface area contributed by atoms with Gasteiger partial charge in [-0.05, 0) is 22.0 Å². The summed E-state index contributed by atoms with van der Waals surface area (Å²) < 4.78 is 54.1. The van der Waals surface area contributed by atoms with Gasteiger partial charge in [-0.15, -0.1) is 0 Å². The maximum atomic E-state index is 13.6. The number of benzene rings is 1. The molecule has 2 rings (SSSR count). The number of anilines is 1. The molecule has 0 aliphatic carbocycles. The van der Waals surface area contributed by atoms with Crippen LogP contribution in [0.15, 0.2) is 33.9 Å². The molecule has 1 aromatic carbocycles. The number of rotatable bonds is 5. The van der Waals surface area contributed by atoms with Gasteiger partial charge in [0.25, 0.3) is 10.0 Å². The zero-order valence-corrected chi connectivity index (χ0v) is 12.8. The molecular weight excluding hydrogens is 372 g/mol. The highest BCUT2D eigenvalue weighted by Crippen LogP contribution is 2.25. The van der Waals surface area contributed by atoms with Crippen LogP contribution in [0.3, 0.4) is 0 Å². The Kier molecular flexibility index (Phi) is 4.59. The molecular formula is C11H10BrF2N3O3S. The van der Waals surface area contributed by atoms with Crippen LogP contribution in [0.2, 0.25) is 0 Å². The Balaban J connectivity index is 2.30. The molecule has 0 fully saturated rings. The van der Waals surface area contributed by atoms with E-state index in [1.165, 1.54) is 10.9 Å². The van der Waals surface area contributed by atoms with Crippen molar-refractivity contribution in [3.63, 3.8) is 0 Å². The minimum absolute atomic E-state index is 0.112. The lowest BCUT2D eigenvalue weighted by Gasteiger charge is -2.08. The second kappa shape index (κ2) is 6.08. The Morgan fingerprint density at radius 3 is 2.71 bits per heavy atom. The van der Waals surface area contributed by atoms with E-state index in [0.29, 0.717) is 0 Å². The van der Waals surface area contributed by atoms with Gasteiger partial charge < -0.3 is 5.11 Å². The van der Waals surface area contributed by atoms with E-state index in [9.17, 15) is 17.2 Å². The maximum Gasteiger partial charge on any atom is 0.265 e. The molecule has 6 nitrogen and oxygen atoms in total. The summed E-state index contributed by atoms with van der Waals surface area (Å²) in [7, 11) is -4.10. The van der Waals surface area contributed by atoms with Gasteiger partial charge in [-0.1, -0.05) is 0 Å². The second-order valence-electron chi connectivity index (χ2n) is 4.01. The SMILES string of the molecule is O=S(=O)(Nc1cc(F)c(Br)cc1F)c1cnn(CCO)c1. The number of aliphatic hydroxyl groups excluding tert-OH is 1. The number of aliphatic hydroxyl groups is 1. The zero-order chi connectivity index (χ0) is 15.6. The van der Waals surface area contributed by atoms with Crippen molar-refractivity contribution >= 4 is 31.6 Å². The van der Waals surface area contributed by atoms with Crippen LogP contribution in [0, 0.1) is 11.6 Å². The van der Waals surface area contributed by atoms with Crippen LogP contribution < -0.4 is 4.72 Å². The summed E-state index contributed by atoms with van der Waals surface area (Å²) in [5.74, 6) is -1.72. The number of aromatic nitrogens is 2. The summed E-state index contributed by atoms with van der Waals surface area (Å²) in [6.07, 6.45) is 2.22. The van der Waals surface area contributed by atoms with E-state index in [0.717, 1.165) is 18.3 Å². The number of halogens is 3. The smallest absolute Gasteiger partial charge is 0.265 e. The van der Waals surface area contributed by atoms with Gasteiger partial charge in [-0.25, -0.2) is 17.2 Å². The minimum atomic E-state index is -4.10. The largest absolute Gasteiger partial charge is 0.394 e. The monoisotopic (exact) mass is 381 g/mol. The van der Waals surface area contributed by atoms with Gasteiger partial charge in [0.05, 0.1) is 29.5 Å². The second-order valence-corrected chi connectivity index (χ2v) is 6.55. The lowest BCUT2D eigenvalue weighted by molar-refractivity contribution is 0.269. The molecule has 1 aromatic heterocycles. The molecule has 114 valence electrons. The summed E-state index contributed by atoms with van der Waals surface area (Å²) in [6, 6.07) is 1.55. The molecule has 0 atom stereocenters. The molecule has 2 N–H and O–H groups in total. The van der Waals surface area contributed by atoms with Crippen molar-refractivity contribution in [3.8, 4) is 0 Å². The van der Waals surface area contributed by atoms with Gasteiger partial charge in [0.2, 0.25) is 0 Å². The van der Waals surface area contributed by atoms with E-state index >= 15 is 0 Å². The molecule has 2 aromatic rings. The molecule has 0 aliphatic rings. The summed E-state index contributed by atoms with van der Waals surface area (Å²) in [4.78, 5) is -0.223. The highest BCUT2D eigenvalue weighted by molar-refractivity contribution is 9.10. The molecule has 0 amide bonds. The van der Waals surface area contributed by atoms with E-state index in [1.807, 2.05) is 4.72 Å². The van der Waals surface area contributed by atoms with Crippen molar-refractivity contribution < 1.29 is 22.3 Å². The van der Waals surface area contributed by atoms with E-state index in [-0.39, 0.29) is 22.5 Å². The van der Waals surface area contributed by atoms with Crippen molar-refractivity contribution in [3.05, 3.63) is 40.6 Å². The van der Waals surface area contributed by atoms with Crippen LogP contribution in [0.1, 0.15) is 0 Å². The average molecular weight is 382 g/mol. The highest BCUT2D eigenvalue weighted by Gasteiger charge is 2.19. The molecule has 21 heavy (non-hydrogen) atoms. The van der Waals surface area contributed by atoms with Crippen molar-refractivity contribution in [1.82, 2.24) is 9.78 Å². The molecule has 0 aliphatic heterocycles. The Labute approximate surface area is 127 Å². The van der Waals surface area contributed by atoms with Gasteiger partial charge in [-0.3, -0.25) is 9.40 Å². The lowest BCUT2D eigenvalue weighted by atomic mass is 10.3. The summed E-state index contributed by atoms with van der Waals surface area (Å²) >= 11 is 2.80. The molecule has 0 saturated carbocycles. The Morgan fingerprint density at radius 2 is 2.05 bits per heavy atom. The summed E-state index contributed by atoms with van der Waals surface area (Å²) in [5, 5.41) is 12.5. The minimum Gasteiger partial charge on any atom is -0.394 e. The van der Waals surface area contributed by atoms with Crippen LogP contribution in [-0.4, -0.2) is 29.9 Å². The normalized spacial score (nSPS) is 11.6. The molecule has 0 unspecified atom stereocenters. The molecule has 1 heterocycles. The highest BCUT2D eigenvalue weighted by atomic mass is 79.9. The van der Waals surface area contributed by atoms with E-state index < -0.39 is 27.3 Å². The Morgan fingerprint density at radius 1 is 1.33 bits per heavy atom. The molecule has 10 heteroatoms. The first-order valence-corrected chi connectivity index (χ1v) is 7.92. The number of hydrogen-bond acceptors (Lipinski definition) is 4. The zero-order valence-electron chi connectivity index (χ0n) is 10.4. The maximum absolute atomic E-state index is 13.6. The Hall–Kier alpha value is -1.52. The van der Waals surface area contributed by atoms with E-state index in [4.69, 9.17) is 5.11 Å². The van der Waals surface area contributed by atoms with Crippen LogP contribution in [0.5, 0.6) is 0 Å². The fourth-order valence-electron chi connectivity index (χ4n) is 1.51. The van der Waals surface area contributed by atoms with Crippen molar-refractivity contribution in [1.29, 1.82) is 0 Å². The first-order valence-electron chi connectivity index (χ1n) is 5.64. The first-order chi connectivity index (χ1) is 9.83. The number of sulfonamides is 1. The van der Waals surface area contributed by atoms with Crippen molar-refractivity contribution in [2.45, 2.75) is 11.4 Å². The third-order valence-electron chi connectivity index (χ3n) is 2.50. The predicted octanol–water partition coefficient (Wildman–Crippen LogP) is 1.72. The standard InChI is InChI=1S/C11H10BrF2N3O3S/c12-8-3-10(14)11(4-9(8)13)16-21(19,20)7-5-15-17(6-7)1-2-18/h3-6,16,18H,1-2H2. The van der Waals surface area contributed by atoms with Gasteiger partial charge in [0.15, 0.2) is 0 Å². The predicted molar refractivity (Wildman–Crippen MR) is 74.2 cm³/mol. The van der Waals surface area contributed by atoms with Crippen LogP contribution in [0.25, 0.3) is 0 Å². The van der Waals surface area contributed by atoms with Gasteiger partial charge in [0.1, 0.15) is 16.5 Å². The fraction of sp³-hybridized carbons (Fsp3) is 0.182. The van der Waals surface area contributed by atoms with Gasteiger partial charge >= 0.3 is 0 Å². The number of nitrogens with one attached hydrogen (secondary N) is 1. The topological polar surface area (TPSA) is 84.2 Å². The van der Waals surface area contributed by atoms with Gasteiger partial charge in [-0.2, -0.15) is 5.10 Å². The summed E-state index contributed by atoms with van der Waals surface area (Å²) in [5.41, 5.74) is -0.509. The quantitative estimate of drug-likeness (QED) is 0.772. The van der Waals surface area contributed by atoms with Crippen LogP contribution in [0.4, 0.5) is 14.5 Å². The van der Waals surface area contributed by atoms with Gasteiger partial charge in [0, 0.05) is 12.3 Å². The summed E-state index contributed by atoms with van der Waals surface area (Å²) in [6.45, 7) is -0.0854. The molecule has 0 spiro atoms. The lowest BCUT2D eigenvalue weighted by Crippen LogP contribution is -2.14. The molecule has 0 saturated heterocycles. The van der Waals surface area contributed by atoms with E-state index in [1.54, 1.807) is 0 Å². The first kappa shape index (κ1) is 15.9. The van der Waals surface area contributed by atoms with E-state index in [2.05, 4.69) is 21.0 Å². The molecule has 0 radical (unpaired) electrons.